The van der Waals surface area contributed by atoms with E-state index in [2.05, 4.69) is 10.5 Å². The summed E-state index contributed by atoms with van der Waals surface area (Å²) >= 11 is 0. The number of benzene rings is 2. The molecule has 2 aromatic carbocycles. The lowest BCUT2D eigenvalue weighted by molar-refractivity contribution is 0.249. The molecule has 20 heavy (non-hydrogen) atoms. The highest BCUT2D eigenvalue weighted by molar-refractivity contribution is 5.81. The second kappa shape index (κ2) is 6.94. The molecule has 0 radical (unpaired) electrons. The van der Waals surface area contributed by atoms with Gasteiger partial charge in [0.25, 0.3) is 0 Å². The Balaban J connectivity index is 1.95. The number of nitrogens with one attached hydrogen (secondary N) is 1. The zero-order valence-corrected chi connectivity index (χ0v) is 10.8. The summed E-state index contributed by atoms with van der Waals surface area (Å²) < 4.78 is 5.69. The molecule has 5 nitrogen and oxygen atoms in total. The van der Waals surface area contributed by atoms with Crippen LogP contribution in [-0.4, -0.2) is 12.2 Å². The van der Waals surface area contributed by atoms with E-state index >= 15 is 0 Å². The Morgan fingerprint density at radius 2 is 2.00 bits per heavy atom. The molecule has 0 unspecified atom stereocenters. The summed E-state index contributed by atoms with van der Waals surface area (Å²) in [6.45, 7) is 0.501. The molecule has 0 aliphatic heterocycles. The first-order chi connectivity index (χ1) is 9.74. The number of primary amides is 1. The summed E-state index contributed by atoms with van der Waals surface area (Å²) in [7, 11) is 0. The Labute approximate surface area is 117 Å². The van der Waals surface area contributed by atoms with Crippen molar-refractivity contribution < 1.29 is 9.53 Å². The molecular formula is C15H15N3O2. The molecule has 2 amide bonds. The van der Waals surface area contributed by atoms with Crippen LogP contribution in [0.3, 0.4) is 0 Å². The van der Waals surface area contributed by atoms with Crippen LogP contribution in [0, 0.1) is 0 Å². The van der Waals surface area contributed by atoms with Crippen LogP contribution in [0.15, 0.2) is 59.7 Å². The van der Waals surface area contributed by atoms with E-state index in [1.165, 1.54) is 6.21 Å². The number of carbonyl (C=O) groups is 1. The van der Waals surface area contributed by atoms with E-state index in [-0.39, 0.29) is 0 Å². The topological polar surface area (TPSA) is 76.7 Å². The van der Waals surface area contributed by atoms with Crippen molar-refractivity contribution in [3.63, 3.8) is 0 Å². The molecule has 0 aliphatic rings. The van der Waals surface area contributed by atoms with Crippen molar-refractivity contribution in [2.75, 3.05) is 0 Å². The molecule has 0 saturated carbocycles. The molecular weight excluding hydrogens is 254 g/mol. The highest BCUT2D eigenvalue weighted by atomic mass is 16.5. The summed E-state index contributed by atoms with van der Waals surface area (Å²) in [4.78, 5) is 10.5. The van der Waals surface area contributed by atoms with Crippen molar-refractivity contribution in [2.45, 2.75) is 6.61 Å². The molecule has 0 atom stereocenters. The van der Waals surface area contributed by atoms with Crippen LogP contribution in [0.2, 0.25) is 0 Å². The Hall–Kier alpha value is -2.82. The summed E-state index contributed by atoms with van der Waals surface area (Å²) in [5.41, 5.74) is 8.96. The monoisotopic (exact) mass is 269 g/mol. The molecule has 0 saturated heterocycles. The molecule has 0 heterocycles. The Morgan fingerprint density at radius 1 is 1.20 bits per heavy atom. The Kier molecular flexibility index (Phi) is 4.72. The third-order valence-electron chi connectivity index (χ3n) is 2.49. The van der Waals surface area contributed by atoms with Gasteiger partial charge in [0.2, 0.25) is 0 Å². The van der Waals surface area contributed by atoms with Gasteiger partial charge in [-0.05, 0) is 23.3 Å². The standard InChI is InChI=1S/C15H15N3O2/c16-15(19)18-17-10-13-7-4-8-14(9-13)20-11-12-5-2-1-3-6-12/h1-10H,11H2,(H3,16,18,19). The lowest BCUT2D eigenvalue weighted by Crippen LogP contribution is -2.24. The van der Waals surface area contributed by atoms with Crippen LogP contribution in [0.25, 0.3) is 0 Å². The first-order valence-electron chi connectivity index (χ1n) is 6.09. The minimum atomic E-state index is -0.697. The van der Waals surface area contributed by atoms with Gasteiger partial charge in [-0.3, -0.25) is 0 Å². The maximum atomic E-state index is 10.5. The number of hydrogen-bond acceptors (Lipinski definition) is 3. The van der Waals surface area contributed by atoms with Crippen molar-refractivity contribution in [1.82, 2.24) is 5.43 Å². The SMILES string of the molecule is NC(=O)NN=Cc1cccc(OCc2ccccc2)c1. The zero-order chi connectivity index (χ0) is 14.2. The summed E-state index contributed by atoms with van der Waals surface area (Å²) in [5.74, 6) is 0.733. The number of nitrogens with zero attached hydrogens (tertiary/aromatic N) is 1. The van der Waals surface area contributed by atoms with Crippen LogP contribution in [-0.2, 0) is 6.61 Å². The maximum absolute atomic E-state index is 10.5. The highest BCUT2D eigenvalue weighted by Gasteiger charge is 1.97. The predicted molar refractivity (Wildman–Crippen MR) is 77.5 cm³/mol. The van der Waals surface area contributed by atoms with E-state index in [4.69, 9.17) is 10.5 Å². The van der Waals surface area contributed by atoms with Gasteiger partial charge >= 0.3 is 6.03 Å². The number of urea groups is 1. The van der Waals surface area contributed by atoms with Crippen LogP contribution < -0.4 is 15.9 Å². The third-order valence-corrected chi connectivity index (χ3v) is 2.49. The average molecular weight is 269 g/mol. The third kappa shape index (κ3) is 4.45. The Bertz CT molecular complexity index is 597. The van der Waals surface area contributed by atoms with Crippen LogP contribution in [0.1, 0.15) is 11.1 Å². The second-order valence-corrected chi connectivity index (χ2v) is 4.08. The highest BCUT2D eigenvalue weighted by Crippen LogP contribution is 2.14. The first kappa shape index (κ1) is 13.6. The van der Waals surface area contributed by atoms with Gasteiger partial charge < -0.3 is 10.5 Å². The molecule has 5 heteroatoms. The fourth-order valence-corrected chi connectivity index (χ4v) is 1.60. The number of ether oxygens (including phenoxy) is 1. The minimum absolute atomic E-state index is 0.501. The van der Waals surface area contributed by atoms with Gasteiger partial charge in [0.05, 0.1) is 6.21 Å². The van der Waals surface area contributed by atoms with Crippen molar-refractivity contribution in [1.29, 1.82) is 0 Å². The second-order valence-electron chi connectivity index (χ2n) is 4.08. The predicted octanol–water partition coefficient (Wildman–Crippen LogP) is 2.27. The van der Waals surface area contributed by atoms with E-state index in [9.17, 15) is 4.79 Å². The Morgan fingerprint density at radius 3 is 2.75 bits per heavy atom. The summed E-state index contributed by atoms with van der Waals surface area (Å²) in [5, 5.41) is 3.70. The largest absolute Gasteiger partial charge is 0.489 e. The van der Waals surface area contributed by atoms with Gasteiger partial charge in [0, 0.05) is 0 Å². The number of rotatable bonds is 5. The van der Waals surface area contributed by atoms with Gasteiger partial charge in [-0.2, -0.15) is 5.10 Å². The van der Waals surface area contributed by atoms with Crippen LogP contribution in [0.5, 0.6) is 5.75 Å². The fraction of sp³-hybridized carbons (Fsp3) is 0.0667. The maximum Gasteiger partial charge on any atom is 0.332 e. The van der Waals surface area contributed by atoms with E-state index in [1.807, 2.05) is 54.6 Å². The molecule has 0 fully saturated rings. The molecule has 102 valence electrons. The minimum Gasteiger partial charge on any atom is -0.489 e. The van der Waals surface area contributed by atoms with E-state index < -0.39 is 6.03 Å². The van der Waals surface area contributed by atoms with Gasteiger partial charge in [-0.15, -0.1) is 0 Å². The van der Waals surface area contributed by atoms with Gasteiger partial charge in [-0.25, -0.2) is 10.2 Å². The van der Waals surface area contributed by atoms with Crippen molar-refractivity contribution in [3.8, 4) is 5.75 Å². The van der Waals surface area contributed by atoms with Crippen molar-refractivity contribution in [3.05, 3.63) is 65.7 Å². The molecule has 3 N–H and O–H groups in total. The quantitative estimate of drug-likeness (QED) is 0.645. The number of hydrogen-bond donors (Lipinski definition) is 2. The molecule has 2 aromatic rings. The van der Waals surface area contributed by atoms with Gasteiger partial charge in [0.1, 0.15) is 12.4 Å². The van der Waals surface area contributed by atoms with Crippen molar-refractivity contribution >= 4 is 12.2 Å². The lowest BCUT2D eigenvalue weighted by Gasteiger charge is -2.06. The van der Waals surface area contributed by atoms with Crippen LogP contribution in [0.4, 0.5) is 4.79 Å². The van der Waals surface area contributed by atoms with Gasteiger partial charge in [0.15, 0.2) is 0 Å². The van der Waals surface area contributed by atoms with E-state index in [1.54, 1.807) is 0 Å². The molecule has 0 spiro atoms. The number of hydrazone groups is 1. The number of carbonyl (C=O) groups excluding carboxylic acids is 1. The normalized spacial score (nSPS) is 10.4. The lowest BCUT2D eigenvalue weighted by atomic mass is 10.2. The fourth-order valence-electron chi connectivity index (χ4n) is 1.60. The average Bonchev–Trinajstić information content (AvgIpc) is 2.46. The first-order valence-corrected chi connectivity index (χ1v) is 6.09. The molecule has 0 bridgehead atoms. The summed E-state index contributed by atoms with van der Waals surface area (Å²) in [6.07, 6.45) is 1.50. The summed E-state index contributed by atoms with van der Waals surface area (Å²) in [6, 6.07) is 16.6. The van der Waals surface area contributed by atoms with Crippen LogP contribution >= 0.6 is 0 Å². The molecule has 0 aromatic heterocycles. The van der Waals surface area contributed by atoms with Gasteiger partial charge in [-0.1, -0.05) is 42.5 Å². The van der Waals surface area contributed by atoms with Crippen molar-refractivity contribution in [2.24, 2.45) is 10.8 Å². The van der Waals surface area contributed by atoms with E-state index in [0.717, 1.165) is 16.9 Å². The molecule has 2 rings (SSSR count). The number of nitrogens with two attached hydrogens (primary N) is 1. The van der Waals surface area contributed by atoms with E-state index in [0.29, 0.717) is 6.61 Å². The molecule has 0 aliphatic carbocycles. The smallest absolute Gasteiger partial charge is 0.332 e. The number of amides is 2. The zero-order valence-electron chi connectivity index (χ0n) is 10.8.